The molecule has 0 saturated carbocycles. The van der Waals surface area contributed by atoms with E-state index in [1.807, 2.05) is 13.8 Å². The van der Waals surface area contributed by atoms with E-state index in [1.54, 1.807) is 0 Å². The van der Waals surface area contributed by atoms with E-state index in [2.05, 4.69) is 34.5 Å². The molecule has 2 rings (SSSR count). The first-order valence-electron chi connectivity index (χ1n) is 7.35. The van der Waals surface area contributed by atoms with Gasteiger partial charge in [-0.2, -0.15) is 0 Å². The lowest BCUT2D eigenvalue weighted by molar-refractivity contribution is -0.121. The van der Waals surface area contributed by atoms with E-state index in [-0.39, 0.29) is 11.9 Å². The molecule has 1 N–H and O–H groups in total. The van der Waals surface area contributed by atoms with Crippen molar-refractivity contribution in [3.8, 4) is 0 Å². The number of benzene rings is 1. The van der Waals surface area contributed by atoms with Crippen LogP contribution < -0.4 is 10.2 Å². The quantitative estimate of drug-likeness (QED) is 0.901. The van der Waals surface area contributed by atoms with E-state index in [9.17, 15) is 4.79 Å². The highest BCUT2D eigenvalue weighted by atomic mass is 16.1. The lowest BCUT2D eigenvalue weighted by Gasteiger charge is -2.29. The smallest absolute Gasteiger partial charge is 0.220 e. The Morgan fingerprint density at radius 2 is 1.84 bits per heavy atom. The van der Waals surface area contributed by atoms with Crippen molar-refractivity contribution in [2.45, 2.75) is 45.6 Å². The van der Waals surface area contributed by atoms with Gasteiger partial charge >= 0.3 is 0 Å². The first kappa shape index (κ1) is 13.9. The number of carbonyl (C=O) groups is 1. The summed E-state index contributed by atoms with van der Waals surface area (Å²) in [6.45, 7) is 6.24. The summed E-state index contributed by atoms with van der Waals surface area (Å²) < 4.78 is 0. The molecule has 1 aromatic rings. The fourth-order valence-corrected chi connectivity index (χ4v) is 2.55. The molecule has 104 valence electrons. The minimum Gasteiger partial charge on any atom is -0.372 e. The number of rotatable bonds is 4. The monoisotopic (exact) mass is 260 g/mol. The molecule has 0 aliphatic carbocycles. The summed E-state index contributed by atoms with van der Waals surface area (Å²) in [6, 6.07) is 8.70. The second-order valence-electron chi connectivity index (χ2n) is 5.28. The van der Waals surface area contributed by atoms with Gasteiger partial charge in [-0.05, 0) is 43.9 Å². The van der Waals surface area contributed by atoms with Crippen molar-refractivity contribution in [2.75, 3.05) is 18.0 Å². The van der Waals surface area contributed by atoms with Crippen molar-refractivity contribution in [1.29, 1.82) is 0 Å². The van der Waals surface area contributed by atoms with E-state index in [1.165, 1.54) is 43.6 Å². The zero-order valence-corrected chi connectivity index (χ0v) is 12.0. The van der Waals surface area contributed by atoms with Gasteiger partial charge in [0.05, 0.1) is 6.04 Å². The minimum absolute atomic E-state index is 0.0860. The summed E-state index contributed by atoms with van der Waals surface area (Å²) in [6.07, 6.45) is 4.49. The van der Waals surface area contributed by atoms with Crippen molar-refractivity contribution >= 4 is 11.6 Å². The maximum atomic E-state index is 11.4. The SMILES string of the molecule is CCC(=O)N[C@@H](C)c1ccc(N2CCCCC2)cc1. The normalized spacial score (nSPS) is 17.1. The van der Waals surface area contributed by atoms with Crippen LogP contribution in [0.4, 0.5) is 5.69 Å². The van der Waals surface area contributed by atoms with Gasteiger partial charge < -0.3 is 10.2 Å². The molecule has 1 fully saturated rings. The molecule has 0 radical (unpaired) electrons. The highest BCUT2D eigenvalue weighted by Crippen LogP contribution is 2.22. The number of amides is 1. The molecule has 1 amide bonds. The van der Waals surface area contributed by atoms with E-state index in [0.717, 1.165) is 0 Å². The predicted octanol–water partition coefficient (Wildman–Crippen LogP) is 3.26. The van der Waals surface area contributed by atoms with E-state index in [4.69, 9.17) is 0 Å². The highest BCUT2D eigenvalue weighted by Gasteiger charge is 2.12. The summed E-state index contributed by atoms with van der Waals surface area (Å²) in [5, 5.41) is 2.99. The summed E-state index contributed by atoms with van der Waals surface area (Å²) in [5.74, 6) is 0.104. The van der Waals surface area contributed by atoms with Crippen molar-refractivity contribution < 1.29 is 4.79 Å². The molecule has 1 saturated heterocycles. The maximum Gasteiger partial charge on any atom is 0.220 e. The van der Waals surface area contributed by atoms with Crippen LogP contribution in [-0.2, 0) is 4.79 Å². The van der Waals surface area contributed by atoms with Crippen molar-refractivity contribution in [3.05, 3.63) is 29.8 Å². The Hall–Kier alpha value is -1.51. The van der Waals surface area contributed by atoms with Gasteiger partial charge in [0, 0.05) is 25.2 Å². The number of piperidine rings is 1. The van der Waals surface area contributed by atoms with Crippen molar-refractivity contribution in [1.82, 2.24) is 5.32 Å². The molecule has 1 heterocycles. The third-order valence-corrected chi connectivity index (χ3v) is 3.81. The predicted molar refractivity (Wildman–Crippen MR) is 79.4 cm³/mol. The molecular weight excluding hydrogens is 236 g/mol. The van der Waals surface area contributed by atoms with Crippen LogP contribution in [0.1, 0.15) is 51.1 Å². The van der Waals surface area contributed by atoms with E-state index >= 15 is 0 Å². The number of carbonyl (C=O) groups excluding carboxylic acids is 1. The van der Waals surface area contributed by atoms with Crippen LogP contribution in [0.3, 0.4) is 0 Å². The third kappa shape index (κ3) is 3.72. The van der Waals surface area contributed by atoms with Gasteiger partial charge in [-0.15, -0.1) is 0 Å². The molecule has 3 heteroatoms. The van der Waals surface area contributed by atoms with Crippen LogP contribution in [0, 0.1) is 0 Å². The minimum atomic E-state index is 0.0860. The molecular formula is C16H24N2O. The van der Waals surface area contributed by atoms with Crippen LogP contribution in [0.25, 0.3) is 0 Å². The van der Waals surface area contributed by atoms with E-state index in [0.29, 0.717) is 6.42 Å². The Labute approximate surface area is 116 Å². The lowest BCUT2D eigenvalue weighted by atomic mass is 10.1. The number of hydrogen-bond acceptors (Lipinski definition) is 2. The van der Waals surface area contributed by atoms with Crippen molar-refractivity contribution in [2.24, 2.45) is 0 Å². The molecule has 0 bridgehead atoms. The van der Waals surface area contributed by atoms with Crippen LogP contribution in [0.5, 0.6) is 0 Å². The number of nitrogens with zero attached hydrogens (tertiary/aromatic N) is 1. The van der Waals surface area contributed by atoms with Gasteiger partial charge in [0.2, 0.25) is 5.91 Å². The van der Waals surface area contributed by atoms with Crippen LogP contribution >= 0.6 is 0 Å². The van der Waals surface area contributed by atoms with Gasteiger partial charge in [0.1, 0.15) is 0 Å². The Kier molecular flexibility index (Phi) is 4.83. The van der Waals surface area contributed by atoms with Crippen LogP contribution in [0.15, 0.2) is 24.3 Å². The summed E-state index contributed by atoms with van der Waals surface area (Å²) >= 11 is 0. The lowest BCUT2D eigenvalue weighted by Crippen LogP contribution is -2.29. The van der Waals surface area contributed by atoms with Gasteiger partial charge in [0.25, 0.3) is 0 Å². The Bertz CT molecular complexity index is 407. The molecule has 0 spiro atoms. The zero-order valence-electron chi connectivity index (χ0n) is 12.0. The fourth-order valence-electron chi connectivity index (χ4n) is 2.55. The Morgan fingerprint density at radius 1 is 1.21 bits per heavy atom. The van der Waals surface area contributed by atoms with Gasteiger partial charge in [-0.25, -0.2) is 0 Å². The number of hydrogen-bond donors (Lipinski definition) is 1. The van der Waals surface area contributed by atoms with E-state index < -0.39 is 0 Å². The van der Waals surface area contributed by atoms with Crippen LogP contribution in [-0.4, -0.2) is 19.0 Å². The van der Waals surface area contributed by atoms with Gasteiger partial charge in [-0.1, -0.05) is 19.1 Å². The van der Waals surface area contributed by atoms with Crippen LogP contribution in [0.2, 0.25) is 0 Å². The van der Waals surface area contributed by atoms with Gasteiger partial charge in [0.15, 0.2) is 0 Å². The Balaban J connectivity index is 1.99. The topological polar surface area (TPSA) is 32.3 Å². The highest BCUT2D eigenvalue weighted by molar-refractivity contribution is 5.76. The first-order valence-corrected chi connectivity index (χ1v) is 7.35. The maximum absolute atomic E-state index is 11.4. The number of anilines is 1. The molecule has 1 aromatic carbocycles. The summed E-state index contributed by atoms with van der Waals surface area (Å²) in [4.78, 5) is 13.8. The van der Waals surface area contributed by atoms with Crippen molar-refractivity contribution in [3.63, 3.8) is 0 Å². The molecule has 0 unspecified atom stereocenters. The summed E-state index contributed by atoms with van der Waals surface area (Å²) in [7, 11) is 0. The zero-order chi connectivity index (χ0) is 13.7. The largest absolute Gasteiger partial charge is 0.372 e. The second-order valence-corrected chi connectivity index (χ2v) is 5.28. The average Bonchev–Trinajstić information content (AvgIpc) is 2.48. The molecule has 1 atom stereocenters. The molecule has 1 aliphatic heterocycles. The molecule has 3 nitrogen and oxygen atoms in total. The standard InChI is InChI=1S/C16H24N2O/c1-3-16(19)17-13(2)14-7-9-15(10-8-14)18-11-5-4-6-12-18/h7-10,13H,3-6,11-12H2,1-2H3,(H,17,19)/t13-/m0/s1. The molecule has 19 heavy (non-hydrogen) atoms. The third-order valence-electron chi connectivity index (χ3n) is 3.81. The number of nitrogens with one attached hydrogen (secondary N) is 1. The fraction of sp³-hybridized carbons (Fsp3) is 0.562. The van der Waals surface area contributed by atoms with Gasteiger partial charge in [-0.3, -0.25) is 4.79 Å². The summed E-state index contributed by atoms with van der Waals surface area (Å²) in [5.41, 5.74) is 2.47. The average molecular weight is 260 g/mol. The first-order chi connectivity index (χ1) is 9.20. The molecule has 1 aliphatic rings. The second kappa shape index (κ2) is 6.60. The Morgan fingerprint density at radius 3 is 2.42 bits per heavy atom. The molecule has 0 aromatic heterocycles.